The average Bonchev–Trinajstić information content (AvgIpc) is 3.00. The monoisotopic (exact) mass is 340 g/mol. The van der Waals surface area contributed by atoms with Crippen LogP contribution in [0.5, 0.6) is 0 Å². The maximum absolute atomic E-state index is 11.4. The third-order valence-corrected chi connectivity index (χ3v) is 4.64. The minimum Gasteiger partial charge on any atom is -0.367 e. The van der Waals surface area contributed by atoms with Crippen molar-refractivity contribution in [2.24, 2.45) is 0 Å². The summed E-state index contributed by atoms with van der Waals surface area (Å²) in [7, 11) is 0. The van der Waals surface area contributed by atoms with E-state index < -0.39 is 0 Å². The fraction of sp³-hybridized carbons (Fsp3) is 0.278. The number of ketones is 1. The quantitative estimate of drug-likeness (QED) is 0.783. The Hall–Kier alpha value is -2.40. The lowest BCUT2D eigenvalue weighted by molar-refractivity contribution is -0.120. The van der Waals surface area contributed by atoms with Crippen molar-refractivity contribution in [1.82, 2.24) is 14.6 Å². The molecule has 1 fully saturated rings. The van der Waals surface area contributed by atoms with Crippen molar-refractivity contribution in [2.75, 3.05) is 5.32 Å². The molecule has 2 heterocycles. The maximum Gasteiger partial charge on any atom is 0.165 e. The highest BCUT2D eigenvalue weighted by molar-refractivity contribution is 6.30. The summed E-state index contributed by atoms with van der Waals surface area (Å²) in [6.45, 7) is 0. The normalized spacial score (nSPS) is 15.8. The fourth-order valence-corrected chi connectivity index (χ4v) is 3.29. The highest BCUT2D eigenvalue weighted by atomic mass is 35.5. The number of hydrogen-bond acceptors (Lipinski definition) is 4. The van der Waals surface area contributed by atoms with Gasteiger partial charge in [0.15, 0.2) is 5.65 Å². The summed E-state index contributed by atoms with van der Waals surface area (Å²) in [5, 5.41) is 8.49. The van der Waals surface area contributed by atoms with E-state index in [1.165, 1.54) is 0 Å². The molecular weight excluding hydrogens is 324 g/mol. The lowest BCUT2D eigenvalue weighted by Gasteiger charge is -2.22. The molecule has 1 aliphatic rings. The van der Waals surface area contributed by atoms with Crippen LogP contribution in [0.3, 0.4) is 0 Å². The van der Waals surface area contributed by atoms with Crippen molar-refractivity contribution in [2.45, 2.75) is 31.7 Å². The van der Waals surface area contributed by atoms with Gasteiger partial charge in [-0.25, -0.2) is 9.50 Å². The van der Waals surface area contributed by atoms with E-state index in [-0.39, 0.29) is 0 Å². The Balaban J connectivity index is 1.65. The van der Waals surface area contributed by atoms with Gasteiger partial charge in [-0.05, 0) is 36.6 Å². The number of nitrogens with zero attached hydrogens (tertiary/aromatic N) is 3. The molecule has 0 bridgehead atoms. The second-order valence-corrected chi connectivity index (χ2v) is 6.54. The predicted molar refractivity (Wildman–Crippen MR) is 94.3 cm³/mol. The molecule has 122 valence electrons. The molecule has 0 saturated heterocycles. The van der Waals surface area contributed by atoms with Gasteiger partial charge in [-0.1, -0.05) is 23.7 Å². The van der Waals surface area contributed by atoms with E-state index in [1.807, 2.05) is 36.5 Å². The summed E-state index contributed by atoms with van der Waals surface area (Å²) in [4.78, 5) is 16.1. The first-order valence-electron chi connectivity index (χ1n) is 8.07. The van der Waals surface area contributed by atoms with Gasteiger partial charge in [-0.3, -0.25) is 4.79 Å². The molecule has 2 aromatic heterocycles. The van der Waals surface area contributed by atoms with E-state index >= 15 is 0 Å². The van der Waals surface area contributed by atoms with Gasteiger partial charge in [-0.2, -0.15) is 5.10 Å². The van der Waals surface area contributed by atoms with Crippen molar-refractivity contribution < 1.29 is 4.79 Å². The molecule has 0 amide bonds. The van der Waals surface area contributed by atoms with Crippen molar-refractivity contribution in [3.8, 4) is 11.1 Å². The Morgan fingerprint density at radius 2 is 2.04 bits per heavy atom. The van der Waals surface area contributed by atoms with Gasteiger partial charge in [0.05, 0.1) is 6.20 Å². The number of rotatable bonds is 3. The van der Waals surface area contributed by atoms with E-state index in [2.05, 4.69) is 10.4 Å². The van der Waals surface area contributed by atoms with Gasteiger partial charge < -0.3 is 5.32 Å². The number of benzene rings is 1. The van der Waals surface area contributed by atoms with Gasteiger partial charge in [-0.15, -0.1) is 0 Å². The van der Waals surface area contributed by atoms with Crippen LogP contribution in [0.4, 0.5) is 5.82 Å². The van der Waals surface area contributed by atoms with E-state index in [0.717, 1.165) is 35.4 Å². The van der Waals surface area contributed by atoms with Crippen molar-refractivity contribution >= 4 is 28.8 Å². The SMILES string of the molecule is O=C1CCC(Nc2ccn3ncc(-c4cccc(Cl)c4)c3n2)CC1. The van der Waals surface area contributed by atoms with Gasteiger partial charge in [0.1, 0.15) is 11.6 Å². The Kier molecular flexibility index (Phi) is 3.94. The maximum atomic E-state index is 11.4. The number of carbonyl (C=O) groups excluding carboxylic acids is 1. The second-order valence-electron chi connectivity index (χ2n) is 6.11. The van der Waals surface area contributed by atoms with Gasteiger partial charge in [0.2, 0.25) is 0 Å². The van der Waals surface area contributed by atoms with E-state index in [9.17, 15) is 4.79 Å². The largest absolute Gasteiger partial charge is 0.367 e. The Bertz CT molecular complexity index is 895. The molecule has 4 rings (SSSR count). The van der Waals surface area contributed by atoms with Crippen LogP contribution < -0.4 is 5.32 Å². The Morgan fingerprint density at radius 1 is 1.21 bits per heavy atom. The molecular formula is C18H17ClN4O. The number of Topliss-reactive ketones (excluding diaryl/α,β-unsaturated/α-hetero) is 1. The van der Waals surface area contributed by atoms with Crippen LogP contribution in [0.25, 0.3) is 16.8 Å². The number of anilines is 1. The summed E-state index contributed by atoms with van der Waals surface area (Å²) in [5.74, 6) is 1.17. The van der Waals surface area contributed by atoms with E-state index in [1.54, 1.807) is 10.7 Å². The van der Waals surface area contributed by atoms with E-state index in [4.69, 9.17) is 16.6 Å². The number of nitrogens with one attached hydrogen (secondary N) is 1. The number of hydrogen-bond donors (Lipinski definition) is 1. The molecule has 0 aliphatic heterocycles. The zero-order chi connectivity index (χ0) is 16.5. The van der Waals surface area contributed by atoms with Gasteiger partial charge >= 0.3 is 0 Å². The molecule has 1 saturated carbocycles. The molecule has 1 N–H and O–H groups in total. The first-order chi connectivity index (χ1) is 11.7. The molecule has 1 aliphatic carbocycles. The molecule has 6 heteroatoms. The van der Waals surface area contributed by atoms with Crippen molar-refractivity contribution in [1.29, 1.82) is 0 Å². The second kappa shape index (κ2) is 6.24. The number of aromatic nitrogens is 3. The zero-order valence-electron chi connectivity index (χ0n) is 13.1. The third kappa shape index (κ3) is 2.99. The highest BCUT2D eigenvalue weighted by Gasteiger charge is 2.19. The Morgan fingerprint density at radius 3 is 2.83 bits per heavy atom. The molecule has 1 aromatic carbocycles. The number of halogens is 1. The summed E-state index contributed by atoms with van der Waals surface area (Å²) in [6.07, 6.45) is 6.74. The summed E-state index contributed by atoms with van der Waals surface area (Å²) >= 11 is 6.10. The highest BCUT2D eigenvalue weighted by Crippen LogP contribution is 2.27. The lowest BCUT2D eigenvalue weighted by atomic mass is 9.94. The first kappa shape index (κ1) is 15.1. The molecule has 24 heavy (non-hydrogen) atoms. The smallest absolute Gasteiger partial charge is 0.165 e. The molecule has 0 spiro atoms. The molecule has 0 unspecified atom stereocenters. The number of carbonyl (C=O) groups is 1. The lowest BCUT2D eigenvalue weighted by Crippen LogP contribution is -2.26. The van der Waals surface area contributed by atoms with E-state index in [0.29, 0.717) is 29.7 Å². The average molecular weight is 341 g/mol. The summed E-state index contributed by atoms with van der Waals surface area (Å²) < 4.78 is 1.76. The van der Waals surface area contributed by atoms with Crippen LogP contribution in [-0.4, -0.2) is 26.4 Å². The molecule has 0 radical (unpaired) electrons. The minimum absolute atomic E-state index is 0.301. The van der Waals surface area contributed by atoms with Gasteiger partial charge in [0.25, 0.3) is 0 Å². The van der Waals surface area contributed by atoms with Crippen LogP contribution in [0.1, 0.15) is 25.7 Å². The van der Waals surface area contributed by atoms with Crippen LogP contribution in [0.15, 0.2) is 42.7 Å². The Labute approximate surface area is 144 Å². The van der Waals surface area contributed by atoms with Gasteiger partial charge in [0, 0.05) is 35.7 Å². The predicted octanol–water partition coefficient (Wildman–Crippen LogP) is 3.97. The first-order valence-corrected chi connectivity index (χ1v) is 8.45. The summed E-state index contributed by atoms with van der Waals surface area (Å²) in [5.41, 5.74) is 2.72. The van der Waals surface area contributed by atoms with Crippen LogP contribution >= 0.6 is 11.6 Å². The molecule has 3 aromatic rings. The van der Waals surface area contributed by atoms with Crippen LogP contribution in [-0.2, 0) is 4.79 Å². The minimum atomic E-state index is 0.301. The topological polar surface area (TPSA) is 59.3 Å². The van der Waals surface area contributed by atoms with Crippen LogP contribution in [0, 0.1) is 0 Å². The number of fused-ring (bicyclic) bond motifs is 1. The molecule has 5 nitrogen and oxygen atoms in total. The fourth-order valence-electron chi connectivity index (χ4n) is 3.10. The molecule has 0 atom stereocenters. The summed E-state index contributed by atoms with van der Waals surface area (Å²) in [6, 6.07) is 9.89. The van der Waals surface area contributed by atoms with Crippen molar-refractivity contribution in [3.05, 3.63) is 47.7 Å². The van der Waals surface area contributed by atoms with Crippen LogP contribution in [0.2, 0.25) is 5.02 Å². The standard InChI is InChI=1S/C18H17ClN4O/c19-13-3-1-2-12(10-13)16-11-20-23-9-8-17(22-18(16)23)21-14-4-6-15(24)7-5-14/h1-3,8-11,14H,4-7H2,(H,21,22). The van der Waals surface area contributed by atoms with Crippen molar-refractivity contribution in [3.63, 3.8) is 0 Å². The third-order valence-electron chi connectivity index (χ3n) is 4.40. The zero-order valence-corrected chi connectivity index (χ0v) is 13.8.